The Hall–Kier alpha value is -0.860. The second-order valence-electron chi connectivity index (χ2n) is 3.48. The minimum absolute atomic E-state index is 0.00118. The summed E-state index contributed by atoms with van der Waals surface area (Å²) in [6, 6.07) is 0. The molecule has 0 fully saturated rings. The Bertz CT molecular complexity index is 176. The number of carbonyl (C=O) groups is 2. The summed E-state index contributed by atoms with van der Waals surface area (Å²) in [7, 11) is 0. The van der Waals surface area contributed by atoms with Gasteiger partial charge in [0.1, 0.15) is 5.78 Å². The van der Waals surface area contributed by atoms with Gasteiger partial charge in [0.05, 0.1) is 0 Å². The molecule has 0 atom stereocenters. The molecule has 0 aliphatic rings. The van der Waals surface area contributed by atoms with E-state index in [1.165, 1.54) is 0 Å². The summed E-state index contributed by atoms with van der Waals surface area (Å²) in [6.07, 6.45) is 1.97. The van der Waals surface area contributed by atoms with Crippen LogP contribution in [0.25, 0.3) is 0 Å². The number of hydrogen-bond donors (Lipinski definition) is 1. The van der Waals surface area contributed by atoms with E-state index in [1.807, 2.05) is 20.8 Å². The van der Waals surface area contributed by atoms with Gasteiger partial charge in [-0.25, -0.2) is 0 Å². The fourth-order valence-corrected chi connectivity index (χ4v) is 0.933. The highest BCUT2D eigenvalue weighted by Gasteiger charge is 2.06. The summed E-state index contributed by atoms with van der Waals surface area (Å²) in [5.74, 6) is 0.247. The summed E-state index contributed by atoms with van der Waals surface area (Å²) in [5.41, 5.74) is 0. The molecule has 0 heterocycles. The molecule has 3 heteroatoms. The van der Waals surface area contributed by atoms with Crippen molar-refractivity contribution in [1.82, 2.24) is 5.32 Å². The molecular weight excluding hydrogens is 166 g/mol. The molecule has 76 valence electrons. The zero-order valence-corrected chi connectivity index (χ0v) is 8.72. The van der Waals surface area contributed by atoms with Crippen molar-refractivity contribution >= 4 is 11.7 Å². The summed E-state index contributed by atoms with van der Waals surface area (Å²) < 4.78 is 0. The highest BCUT2D eigenvalue weighted by atomic mass is 16.2. The van der Waals surface area contributed by atoms with Crippen molar-refractivity contribution in [2.24, 2.45) is 5.92 Å². The van der Waals surface area contributed by atoms with Gasteiger partial charge in [0.25, 0.3) is 0 Å². The van der Waals surface area contributed by atoms with Crippen molar-refractivity contribution in [3.8, 4) is 0 Å². The predicted molar refractivity (Wildman–Crippen MR) is 52.4 cm³/mol. The Morgan fingerprint density at radius 2 is 1.85 bits per heavy atom. The van der Waals surface area contributed by atoms with E-state index < -0.39 is 0 Å². The fourth-order valence-electron chi connectivity index (χ4n) is 0.933. The zero-order valence-electron chi connectivity index (χ0n) is 8.72. The van der Waals surface area contributed by atoms with Gasteiger partial charge < -0.3 is 5.32 Å². The number of rotatable bonds is 6. The third kappa shape index (κ3) is 6.31. The van der Waals surface area contributed by atoms with Gasteiger partial charge in [-0.1, -0.05) is 20.8 Å². The third-order valence-electron chi connectivity index (χ3n) is 1.76. The van der Waals surface area contributed by atoms with Gasteiger partial charge in [0, 0.05) is 25.3 Å². The molecule has 0 aliphatic heterocycles. The highest BCUT2D eigenvalue weighted by molar-refractivity contribution is 5.81. The number of Topliss-reactive ketones (excluding diaryl/α,β-unsaturated/α-hetero) is 1. The quantitative estimate of drug-likeness (QED) is 0.682. The average Bonchev–Trinajstić information content (AvgIpc) is 2.04. The lowest BCUT2D eigenvalue weighted by Gasteiger charge is -2.06. The first-order valence-electron chi connectivity index (χ1n) is 4.87. The smallest absolute Gasteiger partial charge is 0.222 e. The first-order valence-corrected chi connectivity index (χ1v) is 4.87. The van der Waals surface area contributed by atoms with Crippen molar-refractivity contribution in [3.05, 3.63) is 0 Å². The summed E-state index contributed by atoms with van der Waals surface area (Å²) in [5, 5.41) is 2.71. The van der Waals surface area contributed by atoms with E-state index >= 15 is 0 Å². The Kier molecular flexibility index (Phi) is 6.20. The number of nitrogens with one attached hydrogen (secondary N) is 1. The maximum absolute atomic E-state index is 11.1. The Morgan fingerprint density at radius 1 is 1.23 bits per heavy atom. The van der Waals surface area contributed by atoms with Crippen LogP contribution >= 0.6 is 0 Å². The molecule has 0 aromatic carbocycles. The van der Waals surface area contributed by atoms with Gasteiger partial charge in [-0.05, 0) is 6.42 Å². The van der Waals surface area contributed by atoms with Crippen molar-refractivity contribution in [2.45, 2.75) is 40.0 Å². The van der Waals surface area contributed by atoms with Gasteiger partial charge in [-0.3, -0.25) is 9.59 Å². The second kappa shape index (κ2) is 6.63. The second-order valence-corrected chi connectivity index (χ2v) is 3.48. The molecule has 1 N–H and O–H groups in total. The Labute approximate surface area is 79.9 Å². The highest BCUT2D eigenvalue weighted by Crippen LogP contribution is 1.94. The largest absolute Gasteiger partial charge is 0.355 e. The van der Waals surface area contributed by atoms with Crippen molar-refractivity contribution in [3.63, 3.8) is 0 Å². The van der Waals surface area contributed by atoms with Gasteiger partial charge in [-0.2, -0.15) is 0 Å². The van der Waals surface area contributed by atoms with Crippen LogP contribution in [0.2, 0.25) is 0 Å². The number of amides is 1. The standard InChI is InChI=1S/C10H19NO2/c1-4-5-9(12)6-7-11-10(13)8(2)3/h8H,4-7H2,1-3H3,(H,11,13). The number of ketones is 1. The van der Waals surface area contributed by atoms with E-state index in [1.54, 1.807) is 0 Å². The molecule has 0 aromatic rings. The minimum Gasteiger partial charge on any atom is -0.355 e. The molecule has 0 aliphatic carbocycles. The first kappa shape index (κ1) is 12.1. The van der Waals surface area contributed by atoms with E-state index in [0.29, 0.717) is 19.4 Å². The lowest BCUT2D eigenvalue weighted by molar-refractivity contribution is -0.124. The van der Waals surface area contributed by atoms with E-state index in [0.717, 1.165) is 6.42 Å². The van der Waals surface area contributed by atoms with Crippen LogP contribution in [0.15, 0.2) is 0 Å². The van der Waals surface area contributed by atoms with E-state index in [2.05, 4.69) is 5.32 Å². The molecule has 0 unspecified atom stereocenters. The van der Waals surface area contributed by atoms with Crippen molar-refractivity contribution in [1.29, 1.82) is 0 Å². The van der Waals surface area contributed by atoms with Gasteiger partial charge >= 0.3 is 0 Å². The predicted octanol–water partition coefficient (Wildman–Crippen LogP) is 1.52. The molecular formula is C10H19NO2. The number of hydrogen-bond acceptors (Lipinski definition) is 2. The fraction of sp³-hybridized carbons (Fsp3) is 0.800. The Balaban J connectivity index is 3.45. The van der Waals surface area contributed by atoms with Crippen LogP contribution in [0, 0.1) is 5.92 Å². The van der Waals surface area contributed by atoms with E-state index in [4.69, 9.17) is 0 Å². The summed E-state index contributed by atoms with van der Waals surface area (Å²) in [4.78, 5) is 22.1. The molecule has 0 saturated carbocycles. The Morgan fingerprint density at radius 3 is 2.31 bits per heavy atom. The first-order chi connectivity index (χ1) is 6.07. The van der Waals surface area contributed by atoms with Crippen LogP contribution in [-0.2, 0) is 9.59 Å². The van der Waals surface area contributed by atoms with E-state index in [9.17, 15) is 9.59 Å². The maximum atomic E-state index is 11.1. The van der Waals surface area contributed by atoms with Crippen LogP contribution in [0.4, 0.5) is 0 Å². The summed E-state index contributed by atoms with van der Waals surface area (Å²) in [6.45, 7) is 6.13. The zero-order chi connectivity index (χ0) is 10.3. The van der Waals surface area contributed by atoms with Gasteiger partial charge in [0.2, 0.25) is 5.91 Å². The SMILES string of the molecule is CCCC(=O)CCNC(=O)C(C)C. The topological polar surface area (TPSA) is 46.2 Å². The molecule has 3 nitrogen and oxygen atoms in total. The molecule has 0 radical (unpaired) electrons. The molecule has 0 rings (SSSR count). The monoisotopic (exact) mass is 185 g/mol. The van der Waals surface area contributed by atoms with Crippen LogP contribution in [0.5, 0.6) is 0 Å². The normalized spacial score (nSPS) is 10.2. The maximum Gasteiger partial charge on any atom is 0.222 e. The molecule has 0 spiro atoms. The van der Waals surface area contributed by atoms with Crippen LogP contribution in [0.1, 0.15) is 40.0 Å². The molecule has 0 saturated heterocycles. The van der Waals surface area contributed by atoms with Crippen molar-refractivity contribution < 1.29 is 9.59 Å². The van der Waals surface area contributed by atoms with Crippen LogP contribution in [0.3, 0.4) is 0 Å². The van der Waals surface area contributed by atoms with Crippen LogP contribution < -0.4 is 5.32 Å². The van der Waals surface area contributed by atoms with Gasteiger partial charge in [0.15, 0.2) is 0 Å². The van der Waals surface area contributed by atoms with Crippen molar-refractivity contribution in [2.75, 3.05) is 6.54 Å². The molecule has 1 amide bonds. The lowest BCUT2D eigenvalue weighted by atomic mass is 10.1. The van der Waals surface area contributed by atoms with Crippen LogP contribution in [-0.4, -0.2) is 18.2 Å². The minimum atomic E-state index is 0.00118. The average molecular weight is 185 g/mol. The van der Waals surface area contributed by atoms with Gasteiger partial charge in [-0.15, -0.1) is 0 Å². The van der Waals surface area contributed by atoms with E-state index in [-0.39, 0.29) is 17.6 Å². The molecule has 0 bridgehead atoms. The summed E-state index contributed by atoms with van der Waals surface area (Å²) >= 11 is 0. The molecule has 0 aromatic heterocycles. The number of carbonyl (C=O) groups excluding carboxylic acids is 2. The third-order valence-corrected chi connectivity index (χ3v) is 1.76. The molecule has 13 heavy (non-hydrogen) atoms. The lowest BCUT2D eigenvalue weighted by Crippen LogP contribution is -2.29.